The molecular formula is C11H22O. The molecule has 12 heavy (non-hydrogen) atoms. The molecule has 0 bridgehead atoms. The fraction of sp³-hybridized carbons (Fsp3) is 1.00. The molecule has 1 N–H and O–H groups in total. The smallest absolute Gasteiger partial charge is 0.0431 e. The zero-order chi connectivity index (χ0) is 8.97. The largest absolute Gasteiger partial charge is 0.396 e. The Morgan fingerprint density at radius 2 is 1.92 bits per heavy atom. The van der Waals surface area contributed by atoms with E-state index in [-0.39, 0.29) is 0 Å². The van der Waals surface area contributed by atoms with Crippen molar-refractivity contribution in [1.82, 2.24) is 0 Å². The van der Waals surface area contributed by atoms with Gasteiger partial charge in [0.1, 0.15) is 0 Å². The summed E-state index contributed by atoms with van der Waals surface area (Å²) >= 11 is 0. The summed E-state index contributed by atoms with van der Waals surface area (Å²) in [5.74, 6) is 2.74. The molecule has 3 unspecified atom stereocenters. The highest BCUT2D eigenvalue weighted by atomic mass is 16.2. The van der Waals surface area contributed by atoms with E-state index in [4.69, 9.17) is 5.11 Å². The molecule has 1 aliphatic rings. The Morgan fingerprint density at radius 3 is 2.50 bits per heavy atom. The van der Waals surface area contributed by atoms with E-state index in [9.17, 15) is 0 Å². The summed E-state index contributed by atoms with van der Waals surface area (Å²) in [6.45, 7) is 5.11. The van der Waals surface area contributed by atoms with Crippen LogP contribution in [0.5, 0.6) is 0 Å². The average Bonchev–Trinajstić information content (AvgIpc) is 2.07. The molecule has 0 aromatic rings. The van der Waals surface area contributed by atoms with Crippen LogP contribution in [0.3, 0.4) is 0 Å². The van der Waals surface area contributed by atoms with Crippen LogP contribution in [-0.2, 0) is 0 Å². The Morgan fingerprint density at radius 1 is 1.17 bits per heavy atom. The van der Waals surface area contributed by atoms with Crippen LogP contribution in [0.1, 0.15) is 46.0 Å². The molecular weight excluding hydrogens is 148 g/mol. The molecule has 72 valence electrons. The predicted octanol–water partition coefficient (Wildman–Crippen LogP) is 2.83. The van der Waals surface area contributed by atoms with Gasteiger partial charge in [0.15, 0.2) is 0 Å². The van der Waals surface area contributed by atoms with Gasteiger partial charge < -0.3 is 5.11 Å². The zero-order valence-corrected chi connectivity index (χ0v) is 8.42. The molecule has 0 aromatic carbocycles. The molecule has 0 aromatic heterocycles. The Labute approximate surface area is 76.2 Å². The summed E-state index contributed by atoms with van der Waals surface area (Å²) in [4.78, 5) is 0. The summed E-state index contributed by atoms with van der Waals surface area (Å²) in [5, 5.41) is 8.71. The lowest BCUT2D eigenvalue weighted by Gasteiger charge is -2.31. The van der Waals surface area contributed by atoms with E-state index >= 15 is 0 Å². The van der Waals surface area contributed by atoms with Gasteiger partial charge in [-0.1, -0.05) is 26.7 Å². The van der Waals surface area contributed by atoms with Crippen LogP contribution in [-0.4, -0.2) is 11.7 Å². The molecule has 0 aliphatic heterocycles. The maximum absolute atomic E-state index is 8.71. The van der Waals surface area contributed by atoms with Crippen molar-refractivity contribution in [2.45, 2.75) is 46.0 Å². The van der Waals surface area contributed by atoms with Gasteiger partial charge in [-0.05, 0) is 37.0 Å². The number of hydrogen-bond donors (Lipinski definition) is 1. The van der Waals surface area contributed by atoms with Crippen molar-refractivity contribution < 1.29 is 5.11 Å². The van der Waals surface area contributed by atoms with E-state index in [0.29, 0.717) is 6.61 Å². The predicted molar refractivity (Wildman–Crippen MR) is 52.0 cm³/mol. The molecule has 1 fully saturated rings. The first-order chi connectivity index (χ1) is 5.74. The summed E-state index contributed by atoms with van der Waals surface area (Å²) in [6.07, 6.45) is 6.43. The molecule has 1 aliphatic carbocycles. The summed E-state index contributed by atoms with van der Waals surface area (Å²) < 4.78 is 0. The molecule has 3 atom stereocenters. The van der Waals surface area contributed by atoms with Gasteiger partial charge in [-0.15, -0.1) is 0 Å². The summed E-state index contributed by atoms with van der Waals surface area (Å²) in [6, 6.07) is 0. The highest BCUT2D eigenvalue weighted by Gasteiger charge is 2.23. The van der Waals surface area contributed by atoms with Crippen LogP contribution in [0.4, 0.5) is 0 Å². The van der Waals surface area contributed by atoms with Crippen LogP contribution in [0.25, 0.3) is 0 Å². The maximum Gasteiger partial charge on any atom is 0.0431 e. The van der Waals surface area contributed by atoms with E-state index in [1.165, 1.54) is 25.7 Å². The topological polar surface area (TPSA) is 20.2 Å². The molecule has 1 saturated carbocycles. The molecule has 0 heterocycles. The maximum atomic E-state index is 8.71. The van der Waals surface area contributed by atoms with Crippen LogP contribution in [0, 0.1) is 17.8 Å². The summed E-state index contributed by atoms with van der Waals surface area (Å²) in [7, 11) is 0. The molecule has 1 nitrogen and oxygen atoms in total. The SMILES string of the molecule is CC1CCC(CCCO)CC1C. The third-order valence-corrected chi connectivity index (χ3v) is 3.48. The monoisotopic (exact) mass is 170 g/mol. The normalized spacial score (nSPS) is 36.8. The fourth-order valence-electron chi connectivity index (χ4n) is 2.30. The first kappa shape index (κ1) is 10.0. The second-order valence-corrected chi connectivity index (χ2v) is 4.50. The van der Waals surface area contributed by atoms with E-state index in [0.717, 1.165) is 24.2 Å². The van der Waals surface area contributed by atoms with E-state index in [1.54, 1.807) is 0 Å². The number of aliphatic hydroxyl groups excluding tert-OH is 1. The third kappa shape index (κ3) is 2.78. The lowest BCUT2D eigenvalue weighted by Crippen LogP contribution is -2.20. The number of rotatable bonds is 3. The highest BCUT2D eigenvalue weighted by molar-refractivity contribution is 4.75. The second-order valence-electron chi connectivity index (χ2n) is 4.50. The van der Waals surface area contributed by atoms with Gasteiger partial charge >= 0.3 is 0 Å². The standard InChI is InChI=1S/C11H22O/c1-9-5-6-11(4-3-7-12)8-10(9)2/h9-12H,3-8H2,1-2H3. The minimum Gasteiger partial charge on any atom is -0.396 e. The molecule has 0 spiro atoms. The van der Waals surface area contributed by atoms with Crippen molar-refractivity contribution in [2.24, 2.45) is 17.8 Å². The fourth-order valence-corrected chi connectivity index (χ4v) is 2.30. The highest BCUT2D eigenvalue weighted by Crippen LogP contribution is 2.35. The molecule has 0 radical (unpaired) electrons. The van der Waals surface area contributed by atoms with Crippen LogP contribution >= 0.6 is 0 Å². The lowest BCUT2D eigenvalue weighted by molar-refractivity contribution is 0.185. The molecule has 1 rings (SSSR count). The minimum atomic E-state index is 0.375. The van der Waals surface area contributed by atoms with Crippen LogP contribution in [0.2, 0.25) is 0 Å². The minimum absolute atomic E-state index is 0.375. The van der Waals surface area contributed by atoms with Gasteiger partial charge in [0.2, 0.25) is 0 Å². The lowest BCUT2D eigenvalue weighted by atomic mass is 9.74. The van der Waals surface area contributed by atoms with Gasteiger partial charge in [0, 0.05) is 6.61 Å². The first-order valence-electron chi connectivity index (χ1n) is 5.35. The number of hydrogen-bond acceptors (Lipinski definition) is 1. The first-order valence-corrected chi connectivity index (χ1v) is 5.35. The Balaban J connectivity index is 2.21. The summed E-state index contributed by atoms with van der Waals surface area (Å²) in [5.41, 5.74) is 0. The van der Waals surface area contributed by atoms with E-state index in [2.05, 4.69) is 13.8 Å². The van der Waals surface area contributed by atoms with Crippen molar-refractivity contribution in [3.8, 4) is 0 Å². The number of aliphatic hydroxyl groups is 1. The Kier molecular flexibility index (Phi) is 4.07. The second kappa shape index (κ2) is 4.86. The van der Waals surface area contributed by atoms with Crippen LogP contribution < -0.4 is 0 Å². The van der Waals surface area contributed by atoms with Crippen molar-refractivity contribution in [1.29, 1.82) is 0 Å². The van der Waals surface area contributed by atoms with Crippen molar-refractivity contribution in [2.75, 3.05) is 6.61 Å². The average molecular weight is 170 g/mol. The van der Waals surface area contributed by atoms with Crippen molar-refractivity contribution in [3.05, 3.63) is 0 Å². The molecule has 1 heteroatoms. The zero-order valence-electron chi connectivity index (χ0n) is 8.42. The molecule has 0 amide bonds. The van der Waals surface area contributed by atoms with Gasteiger partial charge in [-0.2, -0.15) is 0 Å². The van der Waals surface area contributed by atoms with Gasteiger partial charge in [-0.25, -0.2) is 0 Å². The van der Waals surface area contributed by atoms with E-state index < -0.39 is 0 Å². The van der Waals surface area contributed by atoms with Gasteiger partial charge in [0.25, 0.3) is 0 Å². The third-order valence-electron chi connectivity index (χ3n) is 3.48. The quantitative estimate of drug-likeness (QED) is 0.690. The Bertz CT molecular complexity index is 120. The molecule has 0 saturated heterocycles. The van der Waals surface area contributed by atoms with Crippen molar-refractivity contribution >= 4 is 0 Å². The van der Waals surface area contributed by atoms with Crippen molar-refractivity contribution in [3.63, 3.8) is 0 Å². The Hall–Kier alpha value is -0.0400. The van der Waals surface area contributed by atoms with Gasteiger partial charge in [0.05, 0.1) is 0 Å². The van der Waals surface area contributed by atoms with Gasteiger partial charge in [-0.3, -0.25) is 0 Å². The van der Waals surface area contributed by atoms with E-state index in [1.807, 2.05) is 0 Å². The van der Waals surface area contributed by atoms with Crippen LogP contribution in [0.15, 0.2) is 0 Å².